The number of amides is 2. The number of carbonyl (C=O) groups excluding carboxylic acids is 2. The second-order valence-corrected chi connectivity index (χ2v) is 20.5. The molecule has 372 valence electrons. The van der Waals surface area contributed by atoms with Gasteiger partial charge in [0, 0.05) is 106 Å². The molecule has 0 bridgehead atoms. The van der Waals surface area contributed by atoms with Gasteiger partial charge in [0.15, 0.2) is 5.69 Å². The number of carbonyl (C=O) groups is 2. The summed E-state index contributed by atoms with van der Waals surface area (Å²) in [4.78, 5) is 39.6. The third kappa shape index (κ3) is 9.14. The summed E-state index contributed by atoms with van der Waals surface area (Å²) in [6.45, 7) is 15.1. The number of H-pyrrole nitrogens is 1. The van der Waals surface area contributed by atoms with Crippen LogP contribution >= 0.6 is 11.3 Å². The Balaban J connectivity index is 0.957. The first kappa shape index (κ1) is 49.4. The maximum atomic E-state index is 14.7. The van der Waals surface area contributed by atoms with Crippen molar-refractivity contribution in [2.45, 2.75) is 85.4 Å². The van der Waals surface area contributed by atoms with Crippen LogP contribution in [0.4, 0.5) is 5.69 Å². The summed E-state index contributed by atoms with van der Waals surface area (Å²) in [5, 5.41) is 16.4. The van der Waals surface area contributed by atoms with E-state index in [9.17, 15) is 9.59 Å². The Morgan fingerprint density at radius 2 is 1.64 bits per heavy atom. The van der Waals surface area contributed by atoms with Crippen molar-refractivity contribution in [3.05, 3.63) is 135 Å². The number of rotatable bonds is 14. The molecule has 0 radical (unpaired) electrons. The topological polar surface area (TPSA) is 140 Å². The molecule has 3 aliphatic rings. The highest BCUT2D eigenvalue weighted by atomic mass is 32.1. The van der Waals surface area contributed by atoms with Crippen LogP contribution in [0.15, 0.2) is 113 Å². The quantitative estimate of drug-likeness (QED) is 0.0828. The molecule has 7 heterocycles. The number of hydrogen-bond donors (Lipinski definition) is 1. The number of aryl methyl sites for hydroxylation is 1. The number of pyridine rings is 1. The minimum atomic E-state index is -0.534. The van der Waals surface area contributed by atoms with Gasteiger partial charge in [0.25, 0.3) is 11.8 Å². The SMILES string of the molecule is C/C=C\C(=C/C)n1nc(C(=O)N(C)C(C)(C)CCCc2ccc(-c3cc4c(cc3OC)OCC3=C4N(c4ccsc4)CC=C=C3C(=O)N(C)C(C)(C)C)cn2)c2c1-c1cc(-c3ccn[nH]3)c(OC)cc1OC2. The van der Waals surface area contributed by atoms with Crippen molar-refractivity contribution in [1.82, 2.24) is 34.8 Å². The lowest BCUT2D eigenvalue weighted by Gasteiger charge is -2.35. The molecule has 0 unspecified atom stereocenters. The van der Waals surface area contributed by atoms with E-state index in [1.807, 2.05) is 108 Å². The number of methoxy groups -OCH3 is 2. The van der Waals surface area contributed by atoms with E-state index in [2.05, 4.69) is 69.7 Å². The van der Waals surface area contributed by atoms with Crippen LogP contribution in [-0.2, 0) is 17.8 Å². The Hall–Kier alpha value is -7.61. The normalized spacial score (nSPS) is 14.4. The van der Waals surface area contributed by atoms with E-state index in [1.54, 1.807) is 41.6 Å². The number of aromatic amines is 1. The summed E-state index contributed by atoms with van der Waals surface area (Å²) in [7, 11) is 6.97. The molecule has 3 aliphatic heterocycles. The van der Waals surface area contributed by atoms with Gasteiger partial charge in [-0.25, -0.2) is 4.68 Å². The number of nitrogens with zero attached hydrogens (tertiary/aromatic N) is 7. The smallest absolute Gasteiger partial charge is 0.274 e. The summed E-state index contributed by atoms with van der Waals surface area (Å²) in [5.41, 5.74) is 14.2. The predicted octanol–water partition coefficient (Wildman–Crippen LogP) is 11.2. The molecule has 6 aromatic rings. The highest BCUT2D eigenvalue weighted by Crippen LogP contribution is 2.48. The minimum Gasteiger partial charge on any atom is -0.496 e. The molecule has 2 aromatic carbocycles. The highest BCUT2D eigenvalue weighted by Gasteiger charge is 2.38. The van der Waals surface area contributed by atoms with Crippen LogP contribution < -0.4 is 23.8 Å². The van der Waals surface area contributed by atoms with Crippen molar-refractivity contribution in [2.75, 3.05) is 46.4 Å². The molecule has 4 aromatic heterocycles. The number of allylic oxidation sites excluding steroid dienone is 4. The van der Waals surface area contributed by atoms with E-state index < -0.39 is 11.1 Å². The van der Waals surface area contributed by atoms with Gasteiger partial charge in [0.2, 0.25) is 0 Å². The molecule has 14 nitrogen and oxygen atoms in total. The first-order valence-electron chi connectivity index (χ1n) is 24.2. The van der Waals surface area contributed by atoms with Crippen molar-refractivity contribution in [1.29, 1.82) is 0 Å². The maximum Gasteiger partial charge on any atom is 0.274 e. The Labute approximate surface area is 425 Å². The van der Waals surface area contributed by atoms with Crippen LogP contribution in [0.2, 0.25) is 0 Å². The van der Waals surface area contributed by atoms with Crippen LogP contribution in [0.25, 0.3) is 45.0 Å². The minimum absolute atomic E-state index is 0.112. The molecule has 0 fully saturated rings. The van der Waals surface area contributed by atoms with E-state index in [-0.39, 0.29) is 25.0 Å². The van der Waals surface area contributed by atoms with E-state index >= 15 is 0 Å². The van der Waals surface area contributed by atoms with E-state index in [1.165, 1.54) is 0 Å². The zero-order chi connectivity index (χ0) is 51.1. The summed E-state index contributed by atoms with van der Waals surface area (Å²) in [6.07, 6.45) is 13.6. The van der Waals surface area contributed by atoms with Gasteiger partial charge in [-0.15, -0.1) is 5.73 Å². The number of aromatic nitrogens is 5. The van der Waals surface area contributed by atoms with E-state index in [0.717, 1.165) is 79.5 Å². The molecular weight excluding hydrogens is 925 g/mol. The van der Waals surface area contributed by atoms with Gasteiger partial charge >= 0.3 is 0 Å². The molecule has 0 atom stereocenters. The van der Waals surface area contributed by atoms with Crippen LogP contribution in [0.5, 0.6) is 23.0 Å². The number of ether oxygens (including phenoxy) is 4. The van der Waals surface area contributed by atoms with Crippen LogP contribution in [-0.4, -0.2) is 99.1 Å². The van der Waals surface area contributed by atoms with Gasteiger partial charge < -0.3 is 33.6 Å². The number of thiophene rings is 1. The number of benzene rings is 2. The zero-order valence-electron chi connectivity index (χ0n) is 43.0. The molecule has 9 rings (SSSR count). The first-order chi connectivity index (χ1) is 34.6. The predicted molar refractivity (Wildman–Crippen MR) is 284 cm³/mol. The number of fused-ring (bicyclic) bond motifs is 5. The zero-order valence-corrected chi connectivity index (χ0v) is 43.8. The molecule has 0 saturated heterocycles. The first-order valence-corrected chi connectivity index (χ1v) is 25.1. The average molecular weight is 987 g/mol. The van der Waals surface area contributed by atoms with E-state index in [0.29, 0.717) is 53.7 Å². The van der Waals surface area contributed by atoms with Crippen molar-refractivity contribution < 1.29 is 28.5 Å². The molecule has 0 saturated carbocycles. The van der Waals surface area contributed by atoms with Gasteiger partial charge in [-0.3, -0.25) is 19.7 Å². The van der Waals surface area contributed by atoms with Crippen molar-refractivity contribution >= 4 is 40.2 Å². The average Bonchev–Trinajstić information content (AvgIpc) is 4.18. The lowest BCUT2D eigenvalue weighted by molar-refractivity contribution is -0.129. The standard InChI is InChI=1S/C57H62N8O6S/c1-12-16-37(13-2)65-53-43-28-41(46-21-24-59-60-46)48(69-11)30-50(43)71-33-45(53)51(61-65)55(67)63(9)57(6,7)23-14-17-36-20-19-35(31-58-36)40-27-42-49(29-47(40)68-10)70-32-44-39(54(66)62(8)56(3,4)5)18-15-25-64(52(42)44)38-22-26-72-34-38/h12-13,15-16,19-22,24,26-31,34H,14,17,23,25,32-33H2,1-11H3,(H,59,60)/b16-12-,37-13+. The number of likely N-dealkylation sites (N-methyl/N-ethyl adjacent to an activating group) is 1. The van der Waals surface area contributed by atoms with Gasteiger partial charge in [0.05, 0.1) is 48.3 Å². The fourth-order valence-electron chi connectivity index (χ4n) is 9.38. The second-order valence-electron chi connectivity index (χ2n) is 19.7. The second kappa shape index (κ2) is 19.9. The van der Waals surface area contributed by atoms with Gasteiger partial charge in [-0.1, -0.05) is 18.2 Å². The third-order valence-electron chi connectivity index (χ3n) is 14.0. The number of nitrogens with one attached hydrogen (secondary N) is 1. The monoisotopic (exact) mass is 986 g/mol. The highest BCUT2D eigenvalue weighted by molar-refractivity contribution is 7.08. The van der Waals surface area contributed by atoms with Crippen LogP contribution in [0.1, 0.15) is 88.6 Å². The molecule has 2 amide bonds. The van der Waals surface area contributed by atoms with E-state index in [4.69, 9.17) is 29.0 Å². The van der Waals surface area contributed by atoms with Crippen LogP contribution in [0.3, 0.4) is 0 Å². The molecule has 72 heavy (non-hydrogen) atoms. The van der Waals surface area contributed by atoms with Crippen LogP contribution in [0, 0.1) is 0 Å². The number of hydrogen-bond acceptors (Lipinski definition) is 11. The van der Waals surface area contributed by atoms with Gasteiger partial charge in [0.1, 0.15) is 36.2 Å². The van der Waals surface area contributed by atoms with Crippen molar-refractivity contribution in [2.24, 2.45) is 0 Å². The maximum absolute atomic E-state index is 14.7. The molecule has 1 N–H and O–H groups in total. The Kier molecular flexibility index (Phi) is 13.6. The third-order valence-corrected chi connectivity index (χ3v) is 14.7. The fourth-order valence-corrected chi connectivity index (χ4v) is 10.0. The largest absolute Gasteiger partial charge is 0.496 e. The molecule has 0 aliphatic carbocycles. The molecule has 15 heteroatoms. The summed E-state index contributed by atoms with van der Waals surface area (Å²) >= 11 is 1.63. The fraction of sp³-hybridized carbons (Fsp3) is 0.333. The lowest BCUT2D eigenvalue weighted by atomic mass is 9.92. The Morgan fingerprint density at radius 3 is 2.29 bits per heavy atom. The van der Waals surface area contributed by atoms with Gasteiger partial charge in [-0.05, 0) is 116 Å². The lowest BCUT2D eigenvalue weighted by Crippen LogP contribution is -2.45. The molecule has 0 spiro atoms. The Morgan fingerprint density at radius 1 is 0.903 bits per heavy atom. The molecular formula is C57H62N8O6S. The summed E-state index contributed by atoms with van der Waals surface area (Å²) < 4.78 is 26.4. The summed E-state index contributed by atoms with van der Waals surface area (Å²) in [6, 6.07) is 16.0. The number of anilines is 1. The Bertz CT molecular complexity index is 3200. The van der Waals surface area contributed by atoms with Crippen molar-refractivity contribution in [3.8, 4) is 56.6 Å². The summed E-state index contributed by atoms with van der Waals surface area (Å²) in [5.74, 6) is 2.30. The van der Waals surface area contributed by atoms with Crippen molar-refractivity contribution in [3.63, 3.8) is 0 Å². The van der Waals surface area contributed by atoms with Gasteiger partial charge in [-0.2, -0.15) is 21.5 Å².